The fourth-order valence-corrected chi connectivity index (χ4v) is 1.68. The molecule has 1 aromatic heterocycles. The third kappa shape index (κ3) is 6.15. The van der Waals surface area contributed by atoms with Gasteiger partial charge in [0.2, 0.25) is 11.8 Å². The zero-order chi connectivity index (χ0) is 13.4. The Hall–Kier alpha value is -1.69. The summed E-state index contributed by atoms with van der Waals surface area (Å²) < 4.78 is 0. The molecular formula is C12H17N3O2S. The highest BCUT2D eigenvalue weighted by Crippen LogP contribution is 2.03. The van der Waals surface area contributed by atoms with Crippen molar-refractivity contribution in [3.63, 3.8) is 0 Å². The number of hydrazone groups is 1. The van der Waals surface area contributed by atoms with Crippen LogP contribution in [0.2, 0.25) is 0 Å². The van der Waals surface area contributed by atoms with Crippen LogP contribution in [-0.4, -0.2) is 24.6 Å². The fraction of sp³-hybridized carbons (Fsp3) is 0.417. The molecule has 0 aromatic carbocycles. The summed E-state index contributed by atoms with van der Waals surface area (Å²) in [5.74, 6) is -0.328. The highest BCUT2D eigenvalue weighted by Gasteiger charge is 2.08. The molecule has 2 N–H and O–H groups in total. The summed E-state index contributed by atoms with van der Waals surface area (Å²) >= 11 is 1.52. The number of hydrogen-bond acceptors (Lipinski definition) is 4. The highest BCUT2D eigenvalue weighted by molar-refractivity contribution is 7.11. The molecule has 1 aromatic rings. The molecule has 0 atom stereocenters. The zero-order valence-corrected chi connectivity index (χ0v) is 11.3. The molecule has 0 saturated carbocycles. The number of rotatable bonds is 6. The van der Waals surface area contributed by atoms with Gasteiger partial charge < -0.3 is 5.32 Å². The molecule has 98 valence electrons. The molecule has 18 heavy (non-hydrogen) atoms. The van der Waals surface area contributed by atoms with Gasteiger partial charge in [0, 0.05) is 11.4 Å². The summed E-state index contributed by atoms with van der Waals surface area (Å²) in [5.41, 5.74) is 2.32. The lowest BCUT2D eigenvalue weighted by Crippen LogP contribution is -2.32. The molecule has 0 spiro atoms. The van der Waals surface area contributed by atoms with Crippen LogP contribution in [0.1, 0.15) is 25.1 Å². The van der Waals surface area contributed by atoms with Crippen LogP contribution in [-0.2, 0) is 9.59 Å². The molecule has 1 heterocycles. The maximum Gasteiger partial charge on any atom is 0.249 e. The van der Waals surface area contributed by atoms with Crippen molar-refractivity contribution in [1.82, 2.24) is 10.7 Å². The number of thiophene rings is 1. The lowest BCUT2D eigenvalue weighted by molar-refractivity contribution is -0.129. The molecule has 0 saturated heterocycles. The molecular weight excluding hydrogens is 250 g/mol. The first-order valence-electron chi connectivity index (χ1n) is 5.70. The van der Waals surface area contributed by atoms with Gasteiger partial charge in [-0.05, 0) is 17.4 Å². The first kappa shape index (κ1) is 14.4. The van der Waals surface area contributed by atoms with Crippen molar-refractivity contribution in [3.05, 3.63) is 22.4 Å². The van der Waals surface area contributed by atoms with Crippen LogP contribution in [0.3, 0.4) is 0 Å². The van der Waals surface area contributed by atoms with Crippen molar-refractivity contribution in [3.8, 4) is 0 Å². The van der Waals surface area contributed by atoms with Gasteiger partial charge in [-0.15, -0.1) is 11.3 Å². The smallest absolute Gasteiger partial charge is 0.249 e. The van der Waals surface area contributed by atoms with Gasteiger partial charge in [-0.1, -0.05) is 19.9 Å². The van der Waals surface area contributed by atoms with E-state index in [1.54, 1.807) is 6.21 Å². The summed E-state index contributed by atoms with van der Waals surface area (Å²) in [6.07, 6.45) is 1.35. The second-order valence-electron chi connectivity index (χ2n) is 4.18. The van der Waals surface area contributed by atoms with Gasteiger partial charge in [-0.3, -0.25) is 9.59 Å². The molecule has 0 bridgehead atoms. The number of carbonyl (C=O) groups excluding carboxylic acids is 2. The zero-order valence-electron chi connectivity index (χ0n) is 10.5. The fourth-order valence-electron chi connectivity index (χ4n) is 1.10. The van der Waals surface area contributed by atoms with E-state index in [9.17, 15) is 9.59 Å². The van der Waals surface area contributed by atoms with Gasteiger partial charge in [0.1, 0.15) is 6.42 Å². The molecule has 1 rings (SSSR count). The Balaban J connectivity index is 2.23. The van der Waals surface area contributed by atoms with E-state index in [-0.39, 0.29) is 12.3 Å². The average molecular weight is 267 g/mol. The number of carbonyl (C=O) groups is 2. The van der Waals surface area contributed by atoms with Crippen LogP contribution in [0.5, 0.6) is 0 Å². The Kier molecular flexibility index (Phi) is 6.07. The van der Waals surface area contributed by atoms with E-state index in [0.29, 0.717) is 12.5 Å². The summed E-state index contributed by atoms with van der Waals surface area (Å²) in [6, 6.07) is 3.78. The van der Waals surface area contributed by atoms with E-state index in [4.69, 9.17) is 0 Å². The summed E-state index contributed by atoms with van der Waals surface area (Å²) in [4.78, 5) is 23.6. The quantitative estimate of drug-likeness (QED) is 0.464. The molecule has 0 aliphatic carbocycles. The number of amides is 2. The second kappa shape index (κ2) is 7.60. The van der Waals surface area contributed by atoms with E-state index < -0.39 is 5.91 Å². The van der Waals surface area contributed by atoms with Gasteiger partial charge in [0.05, 0.1) is 6.21 Å². The molecule has 0 radical (unpaired) electrons. The van der Waals surface area contributed by atoms with Crippen LogP contribution >= 0.6 is 11.3 Å². The van der Waals surface area contributed by atoms with Crippen molar-refractivity contribution in [2.24, 2.45) is 11.0 Å². The maximum absolute atomic E-state index is 11.3. The van der Waals surface area contributed by atoms with Gasteiger partial charge in [0.15, 0.2) is 0 Å². The van der Waals surface area contributed by atoms with Crippen LogP contribution < -0.4 is 10.7 Å². The molecule has 0 aliphatic rings. The van der Waals surface area contributed by atoms with E-state index in [1.807, 2.05) is 31.4 Å². The number of hydrogen-bond donors (Lipinski definition) is 2. The van der Waals surface area contributed by atoms with E-state index in [2.05, 4.69) is 15.8 Å². The van der Waals surface area contributed by atoms with E-state index in [0.717, 1.165) is 4.88 Å². The molecule has 0 unspecified atom stereocenters. The Morgan fingerprint density at radius 3 is 2.83 bits per heavy atom. The largest absolute Gasteiger partial charge is 0.355 e. The van der Waals surface area contributed by atoms with Gasteiger partial charge in [0.25, 0.3) is 0 Å². The third-order valence-corrected chi connectivity index (χ3v) is 2.76. The lowest BCUT2D eigenvalue weighted by Gasteiger charge is -2.06. The Morgan fingerprint density at radius 1 is 1.44 bits per heavy atom. The molecule has 5 nitrogen and oxygen atoms in total. The van der Waals surface area contributed by atoms with Crippen molar-refractivity contribution in [1.29, 1.82) is 0 Å². The molecule has 6 heteroatoms. The van der Waals surface area contributed by atoms with Crippen molar-refractivity contribution in [2.75, 3.05) is 6.54 Å². The van der Waals surface area contributed by atoms with Crippen molar-refractivity contribution in [2.45, 2.75) is 20.3 Å². The first-order chi connectivity index (χ1) is 8.58. The normalized spacial score (nSPS) is 10.8. The minimum absolute atomic E-state index is 0.200. The number of nitrogens with zero attached hydrogens (tertiary/aromatic N) is 1. The monoisotopic (exact) mass is 267 g/mol. The summed E-state index contributed by atoms with van der Waals surface area (Å²) in [7, 11) is 0. The minimum atomic E-state index is -0.413. The topological polar surface area (TPSA) is 70.6 Å². The SMILES string of the molecule is CC(C)CNC(=O)CC(=O)NN=Cc1cccs1. The molecule has 2 amide bonds. The minimum Gasteiger partial charge on any atom is -0.355 e. The highest BCUT2D eigenvalue weighted by atomic mass is 32.1. The van der Waals surface area contributed by atoms with Crippen molar-refractivity contribution >= 4 is 29.4 Å². The maximum atomic E-state index is 11.3. The van der Waals surface area contributed by atoms with Crippen molar-refractivity contribution < 1.29 is 9.59 Å². The first-order valence-corrected chi connectivity index (χ1v) is 6.58. The Bertz CT molecular complexity index is 413. The predicted molar refractivity (Wildman–Crippen MR) is 72.5 cm³/mol. The lowest BCUT2D eigenvalue weighted by atomic mass is 10.2. The Labute approximate surface area is 110 Å². The molecule has 0 fully saturated rings. The van der Waals surface area contributed by atoms with Crippen LogP contribution in [0.25, 0.3) is 0 Å². The predicted octanol–water partition coefficient (Wildman–Crippen LogP) is 1.36. The third-order valence-electron chi connectivity index (χ3n) is 1.95. The van der Waals surface area contributed by atoms with Gasteiger partial charge >= 0.3 is 0 Å². The van der Waals surface area contributed by atoms with Crippen LogP contribution in [0.15, 0.2) is 22.6 Å². The average Bonchev–Trinajstić information content (AvgIpc) is 2.79. The molecule has 0 aliphatic heterocycles. The van der Waals surface area contributed by atoms with Crippen LogP contribution in [0, 0.1) is 5.92 Å². The van der Waals surface area contributed by atoms with Crippen LogP contribution in [0.4, 0.5) is 0 Å². The van der Waals surface area contributed by atoms with Gasteiger partial charge in [-0.25, -0.2) is 5.43 Å². The summed E-state index contributed by atoms with van der Waals surface area (Å²) in [6.45, 7) is 4.56. The van der Waals surface area contributed by atoms with E-state index >= 15 is 0 Å². The van der Waals surface area contributed by atoms with Gasteiger partial charge in [-0.2, -0.15) is 5.10 Å². The summed E-state index contributed by atoms with van der Waals surface area (Å²) in [5, 5.41) is 8.35. The Morgan fingerprint density at radius 2 is 2.22 bits per heavy atom. The second-order valence-corrected chi connectivity index (χ2v) is 5.16. The number of nitrogens with one attached hydrogen (secondary N) is 2. The standard InChI is InChI=1S/C12H17N3O2S/c1-9(2)7-13-11(16)6-12(17)15-14-8-10-4-3-5-18-10/h3-5,8-9H,6-7H2,1-2H3,(H,13,16)(H,15,17). The van der Waals surface area contributed by atoms with E-state index in [1.165, 1.54) is 11.3 Å².